The zero-order chi connectivity index (χ0) is 23.0. The fraction of sp³-hybridized carbons (Fsp3) is 0.174. The molecule has 0 aliphatic heterocycles. The molecule has 0 fully saturated rings. The number of nitrogens with one attached hydrogen (secondary N) is 1. The van der Waals surface area contributed by atoms with Gasteiger partial charge in [-0.2, -0.15) is 4.98 Å². The van der Waals surface area contributed by atoms with Crippen LogP contribution in [0.2, 0.25) is 0 Å². The predicted octanol–water partition coefficient (Wildman–Crippen LogP) is 3.97. The molecule has 4 rings (SSSR count). The number of anilines is 1. The number of aromatic nitrogens is 3. The summed E-state index contributed by atoms with van der Waals surface area (Å²) in [6.45, 7) is 3.35. The summed E-state index contributed by atoms with van der Waals surface area (Å²) in [6.07, 6.45) is -0.729. The Labute approximate surface area is 181 Å². The van der Waals surface area contributed by atoms with Crippen molar-refractivity contribution in [3.05, 3.63) is 81.9 Å². The lowest BCUT2D eigenvalue weighted by molar-refractivity contribution is 0.208. The van der Waals surface area contributed by atoms with Crippen LogP contribution in [0.3, 0.4) is 0 Å². The molecule has 0 amide bonds. The minimum atomic E-state index is -0.934. The van der Waals surface area contributed by atoms with Crippen LogP contribution >= 0.6 is 0 Å². The number of benzene rings is 2. The van der Waals surface area contributed by atoms with Crippen molar-refractivity contribution in [2.75, 3.05) is 11.9 Å². The number of aliphatic hydroxyl groups is 1. The van der Waals surface area contributed by atoms with Crippen LogP contribution in [0.4, 0.5) is 19.1 Å². The summed E-state index contributed by atoms with van der Waals surface area (Å²) in [6, 6.07) is 10.0. The van der Waals surface area contributed by atoms with E-state index in [-0.39, 0.29) is 18.1 Å². The van der Waals surface area contributed by atoms with Gasteiger partial charge in [-0.05, 0) is 55.8 Å². The van der Waals surface area contributed by atoms with Gasteiger partial charge in [0.05, 0.1) is 11.8 Å². The summed E-state index contributed by atoms with van der Waals surface area (Å²) in [5.74, 6) is -2.26. The molecule has 0 unspecified atom stereocenters. The van der Waals surface area contributed by atoms with E-state index in [1.54, 1.807) is 13.8 Å². The molecule has 1 atom stereocenters. The van der Waals surface area contributed by atoms with Crippen molar-refractivity contribution < 1.29 is 18.3 Å². The maximum absolute atomic E-state index is 14.6. The van der Waals surface area contributed by atoms with Gasteiger partial charge in [0.25, 0.3) is 5.56 Å². The highest BCUT2D eigenvalue weighted by Gasteiger charge is 2.20. The average molecular weight is 440 g/mol. The Morgan fingerprint density at radius 3 is 2.44 bits per heavy atom. The summed E-state index contributed by atoms with van der Waals surface area (Å²) < 4.78 is 43.7. The number of pyridine rings is 1. The van der Waals surface area contributed by atoms with Crippen molar-refractivity contribution in [2.24, 2.45) is 0 Å². The lowest BCUT2D eigenvalue weighted by Crippen LogP contribution is -2.22. The van der Waals surface area contributed by atoms with Gasteiger partial charge in [-0.1, -0.05) is 6.07 Å². The number of hydrogen-bond donors (Lipinski definition) is 2. The van der Waals surface area contributed by atoms with E-state index in [0.29, 0.717) is 22.2 Å². The summed E-state index contributed by atoms with van der Waals surface area (Å²) >= 11 is 0. The third-order valence-electron chi connectivity index (χ3n) is 4.91. The average Bonchev–Trinajstić information content (AvgIpc) is 2.73. The Hall–Kier alpha value is -3.72. The molecule has 0 aliphatic rings. The van der Waals surface area contributed by atoms with Gasteiger partial charge in [0.2, 0.25) is 5.95 Å². The zero-order valence-electron chi connectivity index (χ0n) is 17.2. The first-order chi connectivity index (χ1) is 15.3. The molecule has 4 aromatic rings. The first-order valence-corrected chi connectivity index (χ1v) is 9.83. The molecule has 0 radical (unpaired) electrons. The van der Waals surface area contributed by atoms with Gasteiger partial charge in [-0.15, -0.1) is 0 Å². The highest BCUT2D eigenvalue weighted by molar-refractivity contribution is 5.93. The van der Waals surface area contributed by atoms with E-state index in [2.05, 4.69) is 15.3 Å². The van der Waals surface area contributed by atoms with Gasteiger partial charge in [0, 0.05) is 23.6 Å². The maximum Gasteiger partial charge on any atom is 0.256 e. The third-order valence-corrected chi connectivity index (χ3v) is 4.91. The van der Waals surface area contributed by atoms with Crippen molar-refractivity contribution in [3.63, 3.8) is 0 Å². The molecular weight excluding hydrogens is 421 g/mol. The molecule has 2 aromatic heterocycles. The number of aliphatic hydroxyl groups excluding tert-OH is 1. The SMILES string of the molecule is Cc1cc(F)ccc1-c1nc(NC[C@H](C)O)nc2c1ccc(=O)n2-c1c(F)cccc1F. The fourth-order valence-electron chi connectivity index (χ4n) is 3.45. The van der Waals surface area contributed by atoms with E-state index >= 15 is 0 Å². The summed E-state index contributed by atoms with van der Waals surface area (Å²) in [7, 11) is 0. The van der Waals surface area contributed by atoms with Crippen LogP contribution in [0, 0.1) is 24.4 Å². The predicted molar refractivity (Wildman–Crippen MR) is 115 cm³/mol. The van der Waals surface area contributed by atoms with Gasteiger partial charge in [0.15, 0.2) is 5.65 Å². The Balaban J connectivity index is 2.09. The fourth-order valence-corrected chi connectivity index (χ4v) is 3.45. The molecule has 2 aromatic carbocycles. The van der Waals surface area contributed by atoms with Crippen molar-refractivity contribution in [1.29, 1.82) is 0 Å². The second kappa shape index (κ2) is 8.43. The van der Waals surface area contributed by atoms with E-state index in [9.17, 15) is 23.1 Å². The molecule has 6 nitrogen and oxygen atoms in total. The Morgan fingerprint density at radius 1 is 1.06 bits per heavy atom. The van der Waals surface area contributed by atoms with Crippen LogP contribution < -0.4 is 10.9 Å². The number of hydrogen-bond acceptors (Lipinski definition) is 5. The number of aryl methyl sites for hydroxylation is 1. The standard InChI is InChI=1S/C23H19F3N4O2/c1-12-10-14(24)6-7-15(12)20-16-8-9-19(32)30(21-17(25)4-3-5-18(21)26)22(16)29-23(28-20)27-11-13(2)31/h3-10,13,31H,11H2,1-2H3,(H,27,28,29)/t13-/m0/s1. The highest BCUT2D eigenvalue weighted by atomic mass is 19.1. The first-order valence-electron chi connectivity index (χ1n) is 9.83. The molecule has 0 aliphatic carbocycles. The van der Waals surface area contributed by atoms with Gasteiger partial charge < -0.3 is 10.4 Å². The number of fused-ring (bicyclic) bond motifs is 1. The maximum atomic E-state index is 14.6. The second-order valence-corrected chi connectivity index (χ2v) is 7.40. The van der Waals surface area contributed by atoms with Gasteiger partial charge >= 0.3 is 0 Å². The van der Waals surface area contributed by atoms with Gasteiger partial charge in [0.1, 0.15) is 23.1 Å². The summed E-state index contributed by atoms with van der Waals surface area (Å²) in [5, 5.41) is 12.8. The van der Waals surface area contributed by atoms with Gasteiger partial charge in [-0.25, -0.2) is 18.2 Å². The van der Waals surface area contributed by atoms with Gasteiger partial charge in [-0.3, -0.25) is 9.36 Å². The van der Waals surface area contributed by atoms with Crippen molar-refractivity contribution in [3.8, 4) is 16.9 Å². The molecular formula is C23H19F3N4O2. The molecule has 0 spiro atoms. The summed E-state index contributed by atoms with van der Waals surface area (Å²) in [4.78, 5) is 21.5. The normalized spacial score (nSPS) is 12.2. The quantitative estimate of drug-likeness (QED) is 0.491. The topological polar surface area (TPSA) is 80.0 Å². The third kappa shape index (κ3) is 3.94. The van der Waals surface area contributed by atoms with E-state index in [0.717, 1.165) is 16.7 Å². The molecule has 164 valence electrons. The molecule has 0 saturated carbocycles. The van der Waals surface area contributed by atoms with Crippen LogP contribution in [0.25, 0.3) is 28.0 Å². The van der Waals surface area contributed by atoms with Crippen molar-refractivity contribution in [1.82, 2.24) is 14.5 Å². The Morgan fingerprint density at radius 2 is 1.78 bits per heavy atom. The van der Waals surface area contributed by atoms with Crippen molar-refractivity contribution >= 4 is 17.0 Å². The minimum absolute atomic E-state index is 0.0354. The Bertz CT molecular complexity index is 1370. The molecule has 0 saturated heterocycles. The number of halogens is 3. The van der Waals surface area contributed by atoms with Crippen LogP contribution in [-0.2, 0) is 0 Å². The molecule has 0 bridgehead atoms. The number of para-hydroxylation sites is 1. The lowest BCUT2D eigenvalue weighted by Gasteiger charge is -2.16. The number of rotatable bonds is 5. The molecule has 32 heavy (non-hydrogen) atoms. The van der Waals surface area contributed by atoms with E-state index < -0.39 is 34.8 Å². The molecule has 9 heteroatoms. The van der Waals surface area contributed by atoms with Crippen LogP contribution in [-0.4, -0.2) is 32.3 Å². The smallest absolute Gasteiger partial charge is 0.256 e. The van der Waals surface area contributed by atoms with Crippen LogP contribution in [0.5, 0.6) is 0 Å². The molecule has 2 heterocycles. The molecule has 2 N–H and O–H groups in total. The first kappa shape index (κ1) is 21.5. The van der Waals surface area contributed by atoms with E-state index in [4.69, 9.17) is 0 Å². The lowest BCUT2D eigenvalue weighted by atomic mass is 10.0. The summed E-state index contributed by atoms with van der Waals surface area (Å²) in [5.41, 5.74) is 0.169. The largest absolute Gasteiger partial charge is 0.392 e. The monoisotopic (exact) mass is 440 g/mol. The minimum Gasteiger partial charge on any atom is -0.392 e. The second-order valence-electron chi connectivity index (χ2n) is 7.40. The van der Waals surface area contributed by atoms with E-state index in [1.807, 2.05) is 0 Å². The van der Waals surface area contributed by atoms with Crippen LogP contribution in [0.1, 0.15) is 12.5 Å². The van der Waals surface area contributed by atoms with Crippen molar-refractivity contribution in [2.45, 2.75) is 20.0 Å². The van der Waals surface area contributed by atoms with E-state index in [1.165, 1.54) is 36.4 Å². The Kier molecular flexibility index (Phi) is 5.67. The van der Waals surface area contributed by atoms with Crippen LogP contribution in [0.15, 0.2) is 53.3 Å². The zero-order valence-corrected chi connectivity index (χ0v) is 17.2. The number of nitrogens with zero attached hydrogens (tertiary/aromatic N) is 3. The highest BCUT2D eigenvalue weighted by Crippen LogP contribution is 2.31.